The number of halogens is 2. The number of rotatable bonds is 3. The minimum absolute atomic E-state index is 0.567. The van der Waals surface area contributed by atoms with E-state index >= 15 is 0 Å². The van der Waals surface area contributed by atoms with Crippen molar-refractivity contribution in [1.29, 1.82) is 0 Å². The lowest BCUT2D eigenvalue weighted by atomic mass is 10.2. The van der Waals surface area contributed by atoms with Crippen molar-refractivity contribution >= 4 is 39.0 Å². The lowest BCUT2D eigenvalue weighted by Crippen LogP contribution is -1.95. The molecular weight excluding hydrogens is 316 g/mol. The van der Waals surface area contributed by atoms with E-state index in [1.165, 1.54) is 0 Å². The monoisotopic (exact) mass is 326 g/mol. The molecule has 1 heterocycles. The van der Waals surface area contributed by atoms with Gasteiger partial charge in [-0.25, -0.2) is 4.98 Å². The highest BCUT2D eigenvalue weighted by Gasteiger charge is 2.05. The summed E-state index contributed by atoms with van der Waals surface area (Å²) in [6, 6.07) is 7.61. The topological polar surface area (TPSA) is 34.1 Å². The number of ether oxygens (including phenoxy) is 1. The van der Waals surface area contributed by atoms with E-state index in [1.54, 1.807) is 19.4 Å². The second kappa shape index (κ2) is 5.59. The Morgan fingerprint density at radius 2 is 2.11 bits per heavy atom. The molecule has 0 spiro atoms. The van der Waals surface area contributed by atoms with Crippen molar-refractivity contribution in [3.63, 3.8) is 0 Å². The molecule has 3 nitrogen and oxygen atoms in total. The molecule has 94 valence electrons. The molecule has 1 aromatic heterocycles. The van der Waals surface area contributed by atoms with Crippen molar-refractivity contribution in [2.75, 3.05) is 12.4 Å². The van der Waals surface area contributed by atoms with Gasteiger partial charge >= 0.3 is 0 Å². The Hall–Kier alpha value is -1.26. The summed E-state index contributed by atoms with van der Waals surface area (Å²) in [5.41, 5.74) is 1.97. The van der Waals surface area contributed by atoms with Gasteiger partial charge in [-0.1, -0.05) is 11.6 Å². The van der Waals surface area contributed by atoms with Gasteiger partial charge in [0.1, 0.15) is 11.6 Å². The van der Waals surface area contributed by atoms with Crippen LogP contribution in [0.3, 0.4) is 0 Å². The molecule has 0 aliphatic carbocycles. The van der Waals surface area contributed by atoms with Gasteiger partial charge in [-0.05, 0) is 52.7 Å². The van der Waals surface area contributed by atoms with Crippen LogP contribution >= 0.6 is 27.5 Å². The van der Waals surface area contributed by atoms with Crippen LogP contribution in [-0.2, 0) is 0 Å². The molecule has 0 unspecified atom stereocenters. The number of nitrogens with one attached hydrogen (secondary N) is 1. The van der Waals surface area contributed by atoms with E-state index in [4.69, 9.17) is 16.3 Å². The maximum absolute atomic E-state index is 6.10. The number of hydrogen-bond donors (Lipinski definition) is 1. The molecule has 0 saturated heterocycles. The van der Waals surface area contributed by atoms with Gasteiger partial charge in [-0.2, -0.15) is 0 Å². The second-order valence-electron chi connectivity index (χ2n) is 3.79. The minimum Gasteiger partial charge on any atom is -0.496 e. The number of aromatic nitrogens is 1. The molecule has 0 bridgehead atoms. The van der Waals surface area contributed by atoms with Crippen LogP contribution in [0.2, 0.25) is 5.02 Å². The average molecular weight is 328 g/mol. The summed E-state index contributed by atoms with van der Waals surface area (Å²) in [7, 11) is 1.66. The summed E-state index contributed by atoms with van der Waals surface area (Å²) in [4.78, 5) is 4.22. The molecule has 1 aromatic carbocycles. The van der Waals surface area contributed by atoms with Gasteiger partial charge < -0.3 is 10.1 Å². The number of pyridine rings is 1. The molecule has 0 saturated carbocycles. The summed E-state index contributed by atoms with van der Waals surface area (Å²) in [6.45, 7) is 1.99. The van der Waals surface area contributed by atoms with E-state index < -0.39 is 0 Å². The predicted molar refractivity (Wildman–Crippen MR) is 78.0 cm³/mol. The maximum Gasteiger partial charge on any atom is 0.149 e. The molecule has 5 heteroatoms. The third kappa shape index (κ3) is 2.94. The lowest BCUT2D eigenvalue weighted by molar-refractivity contribution is 0.412. The van der Waals surface area contributed by atoms with Crippen LogP contribution in [0.15, 0.2) is 34.9 Å². The predicted octanol–water partition coefficient (Wildman–Crippen LogP) is 4.56. The quantitative estimate of drug-likeness (QED) is 0.897. The van der Waals surface area contributed by atoms with Gasteiger partial charge in [0, 0.05) is 16.4 Å². The number of methoxy groups -OCH3 is 1. The van der Waals surface area contributed by atoms with E-state index in [9.17, 15) is 0 Å². The van der Waals surface area contributed by atoms with Gasteiger partial charge in [0.25, 0.3) is 0 Å². The fourth-order valence-corrected chi connectivity index (χ4v) is 2.28. The molecule has 0 aliphatic heterocycles. The summed E-state index contributed by atoms with van der Waals surface area (Å²) in [5, 5.41) is 3.74. The van der Waals surface area contributed by atoms with Crippen LogP contribution in [-0.4, -0.2) is 12.1 Å². The van der Waals surface area contributed by atoms with Crippen molar-refractivity contribution in [2.45, 2.75) is 6.92 Å². The SMILES string of the molecule is COc1ccc(Nc2ncc(Br)cc2Cl)cc1C. The Labute approximate surface area is 119 Å². The highest BCUT2D eigenvalue weighted by atomic mass is 79.9. The molecule has 0 amide bonds. The van der Waals surface area contributed by atoms with E-state index in [2.05, 4.69) is 26.2 Å². The van der Waals surface area contributed by atoms with Crippen molar-refractivity contribution in [3.05, 3.63) is 45.5 Å². The third-order valence-corrected chi connectivity index (χ3v) is 3.19. The first-order valence-electron chi connectivity index (χ1n) is 5.33. The van der Waals surface area contributed by atoms with Gasteiger partial charge in [0.05, 0.1) is 12.1 Å². The zero-order valence-corrected chi connectivity index (χ0v) is 12.3. The molecule has 18 heavy (non-hydrogen) atoms. The Kier molecular flexibility index (Phi) is 4.09. The molecule has 0 fully saturated rings. The largest absolute Gasteiger partial charge is 0.496 e. The van der Waals surface area contributed by atoms with Crippen molar-refractivity contribution in [1.82, 2.24) is 4.98 Å². The lowest BCUT2D eigenvalue weighted by Gasteiger charge is -2.10. The second-order valence-corrected chi connectivity index (χ2v) is 5.12. The van der Waals surface area contributed by atoms with E-state index in [-0.39, 0.29) is 0 Å². The standard InChI is InChI=1S/C13H12BrClN2O/c1-8-5-10(3-4-12(8)18-2)17-13-11(15)6-9(14)7-16-13/h3-7H,1-2H3,(H,16,17). The molecule has 2 aromatic rings. The number of benzene rings is 1. The molecular formula is C13H12BrClN2O. The van der Waals surface area contributed by atoms with E-state index in [0.717, 1.165) is 21.5 Å². The van der Waals surface area contributed by atoms with Crippen LogP contribution in [0.4, 0.5) is 11.5 Å². The Morgan fingerprint density at radius 1 is 1.33 bits per heavy atom. The van der Waals surface area contributed by atoms with E-state index in [0.29, 0.717) is 10.8 Å². The Balaban J connectivity index is 2.26. The normalized spacial score (nSPS) is 10.2. The van der Waals surface area contributed by atoms with Crippen molar-refractivity contribution in [3.8, 4) is 5.75 Å². The molecule has 0 radical (unpaired) electrons. The zero-order chi connectivity index (χ0) is 13.1. The molecule has 0 atom stereocenters. The summed E-state index contributed by atoms with van der Waals surface area (Å²) >= 11 is 9.42. The van der Waals surface area contributed by atoms with Crippen LogP contribution in [0.1, 0.15) is 5.56 Å². The Morgan fingerprint density at radius 3 is 2.72 bits per heavy atom. The van der Waals surface area contributed by atoms with Crippen LogP contribution in [0.25, 0.3) is 0 Å². The maximum atomic E-state index is 6.10. The van der Waals surface area contributed by atoms with Gasteiger partial charge in [0.15, 0.2) is 0 Å². The van der Waals surface area contributed by atoms with Crippen molar-refractivity contribution < 1.29 is 4.74 Å². The molecule has 2 rings (SSSR count). The number of aryl methyl sites for hydroxylation is 1. The number of nitrogens with zero attached hydrogens (tertiary/aromatic N) is 1. The van der Waals surface area contributed by atoms with Crippen molar-refractivity contribution in [2.24, 2.45) is 0 Å². The third-order valence-electron chi connectivity index (χ3n) is 2.47. The van der Waals surface area contributed by atoms with Crippen LogP contribution < -0.4 is 10.1 Å². The first kappa shape index (κ1) is 13.2. The highest BCUT2D eigenvalue weighted by Crippen LogP contribution is 2.28. The fourth-order valence-electron chi connectivity index (χ4n) is 1.60. The first-order chi connectivity index (χ1) is 8.60. The fraction of sp³-hybridized carbons (Fsp3) is 0.154. The van der Waals surface area contributed by atoms with Gasteiger partial charge in [-0.3, -0.25) is 0 Å². The van der Waals surface area contributed by atoms with Gasteiger partial charge in [-0.15, -0.1) is 0 Å². The summed E-state index contributed by atoms with van der Waals surface area (Å²) in [5.74, 6) is 1.49. The summed E-state index contributed by atoms with van der Waals surface area (Å²) in [6.07, 6.45) is 1.70. The van der Waals surface area contributed by atoms with Gasteiger partial charge in [0.2, 0.25) is 0 Å². The zero-order valence-electron chi connectivity index (χ0n) is 10.00. The number of hydrogen-bond acceptors (Lipinski definition) is 3. The summed E-state index contributed by atoms with van der Waals surface area (Å²) < 4.78 is 6.06. The number of anilines is 2. The van der Waals surface area contributed by atoms with Crippen LogP contribution in [0, 0.1) is 6.92 Å². The Bertz CT molecular complexity index is 575. The highest BCUT2D eigenvalue weighted by molar-refractivity contribution is 9.10. The van der Waals surface area contributed by atoms with E-state index in [1.807, 2.05) is 25.1 Å². The minimum atomic E-state index is 0.567. The molecule has 1 N–H and O–H groups in total. The molecule has 0 aliphatic rings. The first-order valence-corrected chi connectivity index (χ1v) is 6.50. The smallest absolute Gasteiger partial charge is 0.149 e. The van der Waals surface area contributed by atoms with Crippen LogP contribution in [0.5, 0.6) is 5.75 Å². The average Bonchev–Trinajstić information content (AvgIpc) is 2.33.